The molecule has 2 aromatic rings. The van der Waals surface area contributed by atoms with E-state index in [1.165, 1.54) is 7.11 Å². The van der Waals surface area contributed by atoms with E-state index in [1.54, 1.807) is 6.92 Å². The van der Waals surface area contributed by atoms with Crippen molar-refractivity contribution < 1.29 is 23.8 Å². The highest BCUT2D eigenvalue weighted by Gasteiger charge is 2.61. The molecule has 2 aromatic carbocycles. The third-order valence-electron chi connectivity index (χ3n) is 5.62. The van der Waals surface area contributed by atoms with Crippen molar-refractivity contribution in [3.05, 3.63) is 77.4 Å². The van der Waals surface area contributed by atoms with Crippen LogP contribution in [0, 0.1) is 17.3 Å². The van der Waals surface area contributed by atoms with Crippen LogP contribution in [0.3, 0.4) is 0 Å². The van der Waals surface area contributed by atoms with Crippen molar-refractivity contribution in [3.8, 4) is 5.75 Å². The maximum Gasteiger partial charge on any atom is 0.333 e. The molecule has 5 nitrogen and oxygen atoms in total. The fraction of sp³-hybridized carbons (Fsp3) is 0.360. The van der Waals surface area contributed by atoms with Gasteiger partial charge in [0, 0.05) is 5.57 Å². The van der Waals surface area contributed by atoms with E-state index in [-0.39, 0.29) is 35.8 Å². The first-order valence-electron chi connectivity index (χ1n) is 10.0. The number of carbonyl (C=O) groups excluding carboxylic acids is 2. The van der Waals surface area contributed by atoms with E-state index in [0.29, 0.717) is 12.2 Å². The predicted molar refractivity (Wildman–Crippen MR) is 114 cm³/mol. The Bertz CT molecular complexity index is 930. The molecule has 0 spiro atoms. The number of esters is 2. The van der Waals surface area contributed by atoms with E-state index < -0.39 is 0 Å². The molecule has 1 aliphatic rings. The Morgan fingerprint density at radius 3 is 2.33 bits per heavy atom. The van der Waals surface area contributed by atoms with Crippen LogP contribution < -0.4 is 4.74 Å². The van der Waals surface area contributed by atoms with Crippen LogP contribution in [0.5, 0.6) is 5.75 Å². The molecule has 0 amide bonds. The Morgan fingerprint density at radius 1 is 1.00 bits per heavy atom. The van der Waals surface area contributed by atoms with E-state index >= 15 is 0 Å². The Kier molecular flexibility index (Phi) is 6.60. The lowest BCUT2D eigenvalue weighted by atomic mass is 10.1. The Morgan fingerprint density at radius 2 is 1.67 bits per heavy atom. The zero-order valence-corrected chi connectivity index (χ0v) is 17.9. The highest BCUT2D eigenvalue weighted by molar-refractivity contribution is 5.88. The van der Waals surface area contributed by atoms with Gasteiger partial charge in [0.05, 0.1) is 13.0 Å². The lowest BCUT2D eigenvalue weighted by molar-refractivity contribution is -0.147. The molecule has 1 fully saturated rings. The average molecular weight is 408 g/mol. The molecular weight excluding hydrogens is 380 g/mol. The number of para-hydroxylation sites is 1. The molecule has 2 atom stereocenters. The van der Waals surface area contributed by atoms with Gasteiger partial charge in [-0.3, -0.25) is 4.79 Å². The van der Waals surface area contributed by atoms with E-state index in [1.807, 2.05) is 74.5 Å². The lowest BCUT2D eigenvalue weighted by Gasteiger charge is -2.09. The van der Waals surface area contributed by atoms with Gasteiger partial charge in [-0.25, -0.2) is 4.79 Å². The second-order valence-electron chi connectivity index (χ2n) is 8.20. The van der Waals surface area contributed by atoms with E-state index in [4.69, 9.17) is 14.2 Å². The van der Waals surface area contributed by atoms with Crippen molar-refractivity contribution in [1.29, 1.82) is 0 Å². The first-order chi connectivity index (χ1) is 14.3. The van der Waals surface area contributed by atoms with E-state index in [9.17, 15) is 9.59 Å². The maximum absolute atomic E-state index is 12.6. The summed E-state index contributed by atoms with van der Waals surface area (Å²) in [5.74, 6) is -0.104. The van der Waals surface area contributed by atoms with Crippen molar-refractivity contribution in [2.24, 2.45) is 17.3 Å². The third-order valence-corrected chi connectivity index (χ3v) is 5.62. The highest BCUT2D eigenvalue weighted by Crippen LogP contribution is 2.59. The highest BCUT2D eigenvalue weighted by atomic mass is 16.5. The van der Waals surface area contributed by atoms with E-state index in [0.717, 1.165) is 16.9 Å². The van der Waals surface area contributed by atoms with Gasteiger partial charge in [-0.05, 0) is 47.6 Å². The second-order valence-corrected chi connectivity index (χ2v) is 8.20. The third kappa shape index (κ3) is 5.09. The Labute approximate surface area is 177 Å². The number of hydrogen-bond donors (Lipinski definition) is 0. The number of carbonyl (C=O) groups is 2. The summed E-state index contributed by atoms with van der Waals surface area (Å²) in [5.41, 5.74) is 2.19. The monoisotopic (exact) mass is 408 g/mol. The Hall–Kier alpha value is -3.08. The first-order valence-corrected chi connectivity index (χ1v) is 10.0. The number of benzene rings is 2. The van der Waals surface area contributed by atoms with Crippen LogP contribution in [0.25, 0.3) is 0 Å². The summed E-state index contributed by atoms with van der Waals surface area (Å²) >= 11 is 0. The predicted octanol–water partition coefficient (Wildman–Crippen LogP) is 4.70. The van der Waals surface area contributed by atoms with Crippen molar-refractivity contribution in [1.82, 2.24) is 0 Å². The smallest absolute Gasteiger partial charge is 0.333 e. The molecule has 3 rings (SSSR count). The molecule has 0 aliphatic heterocycles. The molecule has 1 saturated carbocycles. The average Bonchev–Trinajstić information content (AvgIpc) is 3.30. The van der Waals surface area contributed by atoms with Gasteiger partial charge in [0.2, 0.25) is 0 Å². The maximum atomic E-state index is 12.6. The summed E-state index contributed by atoms with van der Waals surface area (Å²) in [6.07, 6.45) is 1.82. The zero-order chi connectivity index (χ0) is 21.7. The van der Waals surface area contributed by atoms with Gasteiger partial charge >= 0.3 is 11.9 Å². The van der Waals surface area contributed by atoms with Crippen LogP contribution in [0.1, 0.15) is 31.9 Å². The van der Waals surface area contributed by atoms with Gasteiger partial charge in [-0.2, -0.15) is 0 Å². The van der Waals surface area contributed by atoms with Gasteiger partial charge < -0.3 is 14.2 Å². The number of hydrogen-bond acceptors (Lipinski definition) is 5. The minimum atomic E-state index is -0.376. The van der Waals surface area contributed by atoms with Crippen molar-refractivity contribution in [3.63, 3.8) is 0 Å². The summed E-state index contributed by atoms with van der Waals surface area (Å²) < 4.78 is 16.1. The largest absolute Gasteiger partial charge is 0.489 e. The van der Waals surface area contributed by atoms with Crippen LogP contribution >= 0.6 is 0 Å². The molecule has 0 N–H and O–H groups in total. The first kappa shape index (κ1) is 21.6. The fourth-order valence-corrected chi connectivity index (χ4v) is 3.67. The van der Waals surface area contributed by atoms with Crippen molar-refractivity contribution >= 4 is 11.9 Å². The van der Waals surface area contributed by atoms with Gasteiger partial charge in [-0.1, -0.05) is 56.3 Å². The zero-order valence-electron chi connectivity index (χ0n) is 17.9. The van der Waals surface area contributed by atoms with Crippen molar-refractivity contribution in [2.75, 3.05) is 7.11 Å². The second kappa shape index (κ2) is 9.16. The number of rotatable bonds is 8. The van der Waals surface area contributed by atoms with Gasteiger partial charge in [0.15, 0.2) is 0 Å². The summed E-state index contributed by atoms with van der Waals surface area (Å²) in [6, 6.07) is 17.4. The molecule has 0 saturated heterocycles. The molecule has 30 heavy (non-hydrogen) atoms. The molecule has 0 unspecified atom stereocenters. The van der Waals surface area contributed by atoms with Gasteiger partial charge in [0.25, 0.3) is 0 Å². The number of ether oxygens (including phenoxy) is 3. The standard InChI is InChI=1S/C25H28O5/c1-17(23(26)28-4)13-21-22(25(21,2)3)24(27)30-16-19-10-8-9-18(14-19)15-29-20-11-6-5-7-12-20/h5-14,21-22H,15-16H2,1-4H3/b17-13+/t21-,22-/m0/s1. The minimum Gasteiger partial charge on any atom is -0.489 e. The van der Waals surface area contributed by atoms with Crippen molar-refractivity contribution in [2.45, 2.75) is 34.0 Å². The van der Waals surface area contributed by atoms with Crippen LogP contribution in [0.4, 0.5) is 0 Å². The quantitative estimate of drug-likeness (QED) is 0.468. The lowest BCUT2D eigenvalue weighted by Crippen LogP contribution is -2.11. The van der Waals surface area contributed by atoms with Crippen LogP contribution in [0.15, 0.2) is 66.2 Å². The molecule has 1 aliphatic carbocycles. The molecule has 0 radical (unpaired) electrons. The number of methoxy groups -OCH3 is 1. The van der Waals surface area contributed by atoms with Crippen LogP contribution in [-0.4, -0.2) is 19.0 Å². The topological polar surface area (TPSA) is 61.8 Å². The molecule has 0 bridgehead atoms. The SMILES string of the molecule is COC(=O)/C(C)=C/[C@H]1[C@@H](C(=O)OCc2cccc(COc3ccccc3)c2)C1(C)C. The molecule has 0 heterocycles. The minimum absolute atomic E-state index is 0.0327. The summed E-state index contributed by atoms with van der Waals surface area (Å²) in [5, 5.41) is 0. The van der Waals surface area contributed by atoms with Gasteiger partial charge in [-0.15, -0.1) is 0 Å². The summed E-state index contributed by atoms with van der Waals surface area (Å²) in [7, 11) is 1.35. The van der Waals surface area contributed by atoms with Crippen LogP contribution in [-0.2, 0) is 32.3 Å². The summed E-state index contributed by atoms with van der Waals surface area (Å²) in [4.78, 5) is 24.3. The summed E-state index contributed by atoms with van der Waals surface area (Å²) in [6.45, 7) is 6.36. The van der Waals surface area contributed by atoms with E-state index in [2.05, 4.69) is 0 Å². The normalized spacial score (nSPS) is 19.7. The Balaban J connectivity index is 1.55. The number of allylic oxidation sites excluding steroid dienone is 1. The molecule has 158 valence electrons. The fourth-order valence-electron chi connectivity index (χ4n) is 3.67. The molecular formula is C25H28O5. The van der Waals surface area contributed by atoms with Gasteiger partial charge in [0.1, 0.15) is 19.0 Å². The van der Waals surface area contributed by atoms with Crippen LogP contribution in [0.2, 0.25) is 0 Å². The molecule has 5 heteroatoms. The molecule has 0 aromatic heterocycles.